The fourth-order valence-electron chi connectivity index (χ4n) is 2.71. The molecule has 140 valence electrons. The Hall–Kier alpha value is -2.86. The van der Waals surface area contributed by atoms with Crippen LogP contribution in [0.4, 0.5) is 5.13 Å². The maximum Gasteiger partial charge on any atom is 0.230 e. The molecule has 1 aromatic heterocycles. The minimum atomic E-state index is -0.138. The number of methoxy groups -OCH3 is 2. The normalized spacial score (nSPS) is 10.5. The van der Waals surface area contributed by atoms with E-state index < -0.39 is 0 Å². The van der Waals surface area contributed by atoms with Gasteiger partial charge in [0.25, 0.3) is 0 Å². The molecule has 0 radical (unpaired) electrons. The van der Waals surface area contributed by atoms with Gasteiger partial charge in [-0.25, -0.2) is 4.98 Å². The number of amides is 1. The molecule has 27 heavy (non-hydrogen) atoms. The third-order valence-electron chi connectivity index (χ3n) is 4.25. The molecule has 0 unspecified atom stereocenters. The van der Waals surface area contributed by atoms with E-state index in [0.29, 0.717) is 16.6 Å². The number of hydrogen-bond donors (Lipinski definition) is 1. The number of aryl methyl sites for hydroxylation is 1. The second-order valence-electron chi connectivity index (χ2n) is 5.99. The summed E-state index contributed by atoms with van der Waals surface area (Å²) in [5, 5.41) is 5.40. The zero-order valence-electron chi connectivity index (χ0n) is 15.6. The summed E-state index contributed by atoms with van der Waals surface area (Å²) in [6.07, 6.45) is 1.21. The standard InChI is InChI=1S/C21H22N2O3S/c1-4-14-5-7-15(8-6-14)18-13-27-21(22-18)23-20(24)11-16-9-10-17(25-2)12-19(16)26-3/h5-10,12-13H,4,11H2,1-3H3,(H,22,23,24). The highest BCUT2D eigenvalue weighted by atomic mass is 32.1. The minimum Gasteiger partial charge on any atom is -0.497 e. The lowest BCUT2D eigenvalue weighted by Gasteiger charge is -2.10. The van der Waals surface area contributed by atoms with E-state index in [9.17, 15) is 4.79 Å². The van der Waals surface area contributed by atoms with Gasteiger partial charge in [-0.15, -0.1) is 11.3 Å². The van der Waals surface area contributed by atoms with Gasteiger partial charge in [0, 0.05) is 22.6 Å². The number of aromatic nitrogens is 1. The summed E-state index contributed by atoms with van der Waals surface area (Å²) in [6.45, 7) is 2.13. The predicted octanol–water partition coefficient (Wildman–Crippen LogP) is 4.57. The monoisotopic (exact) mass is 382 g/mol. The summed E-state index contributed by atoms with van der Waals surface area (Å²) in [5.74, 6) is 1.18. The van der Waals surface area contributed by atoms with Crippen LogP contribution < -0.4 is 14.8 Å². The third kappa shape index (κ3) is 4.65. The Balaban J connectivity index is 1.67. The fourth-order valence-corrected chi connectivity index (χ4v) is 3.45. The van der Waals surface area contributed by atoms with E-state index in [0.717, 1.165) is 23.2 Å². The highest BCUT2D eigenvalue weighted by Gasteiger charge is 2.12. The largest absolute Gasteiger partial charge is 0.497 e. The molecular weight excluding hydrogens is 360 g/mol. The zero-order valence-corrected chi connectivity index (χ0v) is 16.4. The third-order valence-corrected chi connectivity index (χ3v) is 5.01. The first kappa shape index (κ1) is 18.9. The molecule has 6 heteroatoms. The van der Waals surface area contributed by atoms with Crippen molar-refractivity contribution in [3.8, 4) is 22.8 Å². The molecule has 1 amide bonds. The van der Waals surface area contributed by atoms with E-state index in [1.165, 1.54) is 16.9 Å². The van der Waals surface area contributed by atoms with Gasteiger partial charge in [0.05, 0.1) is 26.3 Å². The zero-order chi connectivity index (χ0) is 19.2. The molecule has 0 bridgehead atoms. The van der Waals surface area contributed by atoms with Gasteiger partial charge in [0.1, 0.15) is 11.5 Å². The highest BCUT2D eigenvalue weighted by molar-refractivity contribution is 7.14. The second kappa shape index (κ2) is 8.68. The maximum absolute atomic E-state index is 12.4. The van der Waals surface area contributed by atoms with Crippen LogP contribution in [0, 0.1) is 0 Å². The summed E-state index contributed by atoms with van der Waals surface area (Å²) in [7, 11) is 3.17. The first-order chi connectivity index (χ1) is 13.1. The SMILES string of the molecule is CCc1ccc(-c2csc(NC(=O)Cc3ccc(OC)cc3OC)n2)cc1. The topological polar surface area (TPSA) is 60.5 Å². The molecule has 3 aromatic rings. The molecule has 0 fully saturated rings. The van der Waals surface area contributed by atoms with Gasteiger partial charge < -0.3 is 14.8 Å². The van der Waals surface area contributed by atoms with Crippen molar-refractivity contribution in [2.75, 3.05) is 19.5 Å². The molecule has 0 atom stereocenters. The van der Waals surface area contributed by atoms with Crippen LogP contribution in [0.2, 0.25) is 0 Å². The molecule has 0 aliphatic carbocycles. The Bertz CT molecular complexity index is 919. The summed E-state index contributed by atoms with van der Waals surface area (Å²) in [5.41, 5.74) is 3.99. The van der Waals surface area contributed by atoms with Crippen LogP contribution in [-0.2, 0) is 17.6 Å². The number of benzene rings is 2. The molecule has 0 aliphatic heterocycles. The average Bonchev–Trinajstić information content (AvgIpc) is 3.16. The van der Waals surface area contributed by atoms with Crippen molar-refractivity contribution in [2.24, 2.45) is 0 Å². The van der Waals surface area contributed by atoms with Crippen molar-refractivity contribution < 1.29 is 14.3 Å². The molecule has 0 aliphatic rings. The summed E-state index contributed by atoms with van der Waals surface area (Å²) in [6, 6.07) is 13.7. The number of ether oxygens (including phenoxy) is 2. The van der Waals surface area contributed by atoms with Crippen molar-refractivity contribution in [1.82, 2.24) is 4.98 Å². The summed E-state index contributed by atoms with van der Waals surface area (Å²) in [4.78, 5) is 16.9. The van der Waals surface area contributed by atoms with Crippen LogP contribution in [-0.4, -0.2) is 25.1 Å². The highest BCUT2D eigenvalue weighted by Crippen LogP contribution is 2.27. The van der Waals surface area contributed by atoms with Crippen molar-refractivity contribution in [2.45, 2.75) is 19.8 Å². The Kier molecular flexibility index (Phi) is 6.08. The predicted molar refractivity (Wildman–Crippen MR) is 109 cm³/mol. The Morgan fingerprint density at radius 1 is 1.11 bits per heavy atom. The van der Waals surface area contributed by atoms with E-state index in [2.05, 4.69) is 41.5 Å². The number of anilines is 1. The minimum absolute atomic E-state index is 0.138. The number of carbonyl (C=O) groups excluding carboxylic acids is 1. The van der Waals surface area contributed by atoms with E-state index in [4.69, 9.17) is 9.47 Å². The lowest BCUT2D eigenvalue weighted by molar-refractivity contribution is -0.115. The number of rotatable bonds is 7. The number of nitrogens with zero attached hydrogens (tertiary/aromatic N) is 1. The van der Waals surface area contributed by atoms with Crippen LogP contribution >= 0.6 is 11.3 Å². The number of thiazole rings is 1. The van der Waals surface area contributed by atoms with E-state index >= 15 is 0 Å². The summed E-state index contributed by atoms with van der Waals surface area (Å²) < 4.78 is 10.5. The quantitative estimate of drug-likeness (QED) is 0.650. The Morgan fingerprint density at radius 3 is 2.56 bits per heavy atom. The van der Waals surface area contributed by atoms with Gasteiger partial charge in [-0.3, -0.25) is 4.79 Å². The van der Waals surface area contributed by atoms with Crippen LogP contribution in [0.15, 0.2) is 47.8 Å². The molecule has 0 spiro atoms. The Morgan fingerprint density at radius 2 is 1.89 bits per heavy atom. The summed E-state index contributed by atoms with van der Waals surface area (Å²) >= 11 is 1.41. The lowest BCUT2D eigenvalue weighted by Crippen LogP contribution is -2.14. The Labute approximate surface area is 163 Å². The second-order valence-corrected chi connectivity index (χ2v) is 6.85. The van der Waals surface area contributed by atoms with Gasteiger partial charge in [0.2, 0.25) is 5.91 Å². The van der Waals surface area contributed by atoms with E-state index in [-0.39, 0.29) is 12.3 Å². The lowest BCUT2D eigenvalue weighted by atomic mass is 10.1. The van der Waals surface area contributed by atoms with Crippen molar-refractivity contribution in [3.05, 3.63) is 59.0 Å². The molecule has 1 N–H and O–H groups in total. The van der Waals surface area contributed by atoms with Gasteiger partial charge in [-0.2, -0.15) is 0 Å². The van der Waals surface area contributed by atoms with Crippen LogP contribution in [0.3, 0.4) is 0 Å². The van der Waals surface area contributed by atoms with Crippen LogP contribution in [0.25, 0.3) is 11.3 Å². The smallest absolute Gasteiger partial charge is 0.230 e. The van der Waals surface area contributed by atoms with Gasteiger partial charge in [-0.1, -0.05) is 37.3 Å². The maximum atomic E-state index is 12.4. The molecular formula is C21H22N2O3S. The molecule has 0 saturated heterocycles. The van der Waals surface area contributed by atoms with Crippen LogP contribution in [0.1, 0.15) is 18.1 Å². The van der Waals surface area contributed by atoms with E-state index in [1.54, 1.807) is 20.3 Å². The first-order valence-electron chi connectivity index (χ1n) is 8.68. The van der Waals surface area contributed by atoms with Crippen LogP contribution in [0.5, 0.6) is 11.5 Å². The van der Waals surface area contributed by atoms with Crippen molar-refractivity contribution in [3.63, 3.8) is 0 Å². The van der Waals surface area contributed by atoms with Gasteiger partial charge >= 0.3 is 0 Å². The van der Waals surface area contributed by atoms with Gasteiger partial charge in [0.15, 0.2) is 5.13 Å². The number of carbonyl (C=O) groups is 1. The number of nitrogens with one attached hydrogen (secondary N) is 1. The molecule has 0 saturated carbocycles. The molecule has 2 aromatic carbocycles. The van der Waals surface area contributed by atoms with Gasteiger partial charge in [-0.05, 0) is 18.1 Å². The molecule has 3 rings (SSSR count). The van der Waals surface area contributed by atoms with E-state index in [1.807, 2.05) is 17.5 Å². The van der Waals surface area contributed by atoms with Crippen molar-refractivity contribution >= 4 is 22.4 Å². The molecule has 1 heterocycles. The first-order valence-corrected chi connectivity index (χ1v) is 9.56. The average molecular weight is 382 g/mol. The fraction of sp³-hybridized carbons (Fsp3) is 0.238. The molecule has 5 nitrogen and oxygen atoms in total. The number of hydrogen-bond acceptors (Lipinski definition) is 5. The van der Waals surface area contributed by atoms with Crippen molar-refractivity contribution in [1.29, 1.82) is 0 Å².